The van der Waals surface area contributed by atoms with Gasteiger partial charge in [0.2, 0.25) is 5.91 Å². The Morgan fingerprint density at radius 1 is 1.37 bits per heavy atom. The van der Waals surface area contributed by atoms with Crippen LogP contribution in [0.2, 0.25) is 0 Å². The van der Waals surface area contributed by atoms with E-state index in [0.29, 0.717) is 18.9 Å². The van der Waals surface area contributed by atoms with E-state index < -0.39 is 17.6 Å². The van der Waals surface area contributed by atoms with Crippen LogP contribution in [-0.2, 0) is 9.59 Å². The molecule has 3 atom stereocenters. The number of carboxylic acid groups (broad SMARTS) is 1. The zero-order chi connectivity index (χ0) is 14.0. The van der Waals surface area contributed by atoms with Crippen LogP contribution in [0.3, 0.4) is 0 Å². The van der Waals surface area contributed by atoms with Gasteiger partial charge in [-0.15, -0.1) is 0 Å². The van der Waals surface area contributed by atoms with Crippen molar-refractivity contribution in [3.8, 4) is 0 Å². The molecular formula is C14H24N2O3. The molecule has 1 amide bonds. The molecule has 0 aromatic carbocycles. The predicted molar refractivity (Wildman–Crippen MR) is 71.8 cm³/mol. The van der Waals surface area contributed by atoms with Crippen LogP contribution in [0.1, 0.15) is 46.0 Å². The Bertz CT molecular complexity index is 364. The van der Waals surface area contributed by atoms with Crippen LogP contribution in [0, 0.1) is 5.92 Å². The van der Waals surface area contributed by atoms with Crippen LogP contribution in [0.4, 0.5) is 0 Å². The van der Waals surface area contributed by atoms with Crippen molar-refractivity contribution in [2.24, 2.45) is 5.92 Å². The fourth-order valence-electron chi connectivity index (χ4n) is 3.17. The van der Waals surface area contributed by atoms with Gasteiger partial charge in [0.25, 0.3) is 0 Å². The van der Waals surface area contributed by atoms with E-state index in [9.17, 15) is 14.7 Å². The molecule has 19 heavy (non-hydrogen) atoms. The zero-order valence-corrected chi connectivity index (χ0v) is 11.8. The van der Waals surface area contributed by atoms with Crippen LogP contribution < -0.4 is 5.32 Å². The lowest BCUT2D eigenvalue weighted by Crippen LogP contribution is -2.62. The summed E-state index contributed by atoms with van der Waals surface area (Å²) in [7, 11) is 0. The topological polar surface area (TPSA) is 69.6 Å². The fraction of sp³-hybridized carbons (Fsp3) is 0.857. The van der Waals surface area contributed by atoms with Gasteiger partial charge >= 0.3 is 5.97 Å². The molecule has 2 heterocycles. The zero-order valence-electron chi connectivity index (χ0n) is 11.8. The van der Waals surface area contributed by atoms with Crippen molar-refractivity contribution in [1.82, 2.24) is 10.2 Å². The molecule has 5 nitrogen and oxygen atoms in total. The van der Waals surface area contributed by atoms with Crippen molar-refractivity contribution < 1.29 is 14.7 Å². The maximum Gasteiger partial charge on any atom is 0.326 e. The second kappa shape index (κ2) is 5.49. The second-order valence-corrected chi connectivity index (χ2v) is 6.20. The van der Waals surface area contributed by atoms with Gasteiger partial charge in [0.15, 0.2) is 0 Å². The molecule has 3 unspecified atom stereocenters. The Hall–Kier alpha value is -1.10. The summed E-state index contributed by atoms with van der Waals surface area (Å²) in [6.07, 6.45) is 4.37. The molecular weight excluding hydrogens is 244 g/mol. The molecule has 0 radical (unpaired) electrons. The van der Waals surface area contributed by atoms with E-state index in [0.717, 1.165) is 32.2 Å². The van der Waals surface area contributed by atoms with Crippen LogP contribution in [0.5, 0.6) is 0 Å². The Kier molecular flexibility index (Phi) is 4.13. The number of carbonyl (C=O) groups is 2. The smallest absolute Gasteiger partial charge is 0.326 e. The van der Waals surface area contributed by atoms with E-state index in [4.69, 9.17) is 0 Å². The lowest BCUT2D eigenvalue weighted by molar-refractivity contribution is -0.156. The van der Waals surface area contributed by atoms with Crippen molar-refractivity contribution in [1.29, 1.82) is 0 Å². The van der Waals surface area contributed by atoms with Crippen molar-refractivity contribution >= 4 is 11.9 Å². The van der Waals surface area contributed by atoms with Gasteiger partial charge in [-0.3, -0.25) is 4.79 Å². The highest BCUT2D eigenvalue weighted by atomic mass is 16.4. The number of likely N-dealkylation sites (tertiary alicyclic amines) is 1. The molecule has 5 heteroatoms. The molecule has 0 bridgehead atoms. The number of hydrogen-bond acceptors (Lipinski definition) is 3. The average Bonchev–Trinajstić information content (AvgIpc) is 2.38. The van der Waals surface area contributed by atoms with Gasteiger partial charge < -0.3 is 15.3 Å². The molecule has 108 valence electrons. The number of carboxylic acids is 1. The normalized spacial score (nSPS) is 36.0. The molecule has 2 rings (SSSR count). The Morgan fingerprint density at radius 3 is 2.68 bits per heavy atom. The third-order valence-corrected chi connectivity index (χ3v) is 4.50. The summed E-state index contributed by atoms with van der Waals surface area (Å²) in [6.45, 7) is 5.36. The van der Waals surface area contributed by atoms with E-state index in [2.05, 4.69) is 12.2 Å². The van der Waals surface area contributed by atoms with E-state index >= 15 is 0 Å². The summed E-state index contributed by atoms with van der Waals surface area (Å²) >= 11 is 0. The first-order chi connectivity index (χ1) is 8.94. The summed E-state index contributed by atoms with van der Waals surface area (Å²) in [4.78, 5) is 25.7. The van der Waals surface area contributed by atoms with Crippen LogP contribution >= 0.6 is 0 Å². The minimum absolute atomic E-state index is 0.0356. The maximum absolute atomic E-state index is 12.7. The monoisotopic (exact) mass is 268 g/mol. The quantitative estimate of drug-likeness (QED) is 0.790. The molecule has 2 saturated heterocycles. The van der Waals surface area contributed by atoms with Gasteiger partial charge in [0.1, 0.15) is 6.04 Å². The van der Waals surface area contributed by atoms with Crippen LogP contribution in [0.25, 0.3) is 0 Å². The summed E-state index contributed by atoms with van der Waals surface area (Å²) in [5.41, 5.74) is -0.577. The first-order valence-corrected chi connectivity index (χ1v) is 7.23. The molecule has 0 saturated carbocycles. The molecule has 0 aliphatic carbocycles. The Labute approximate surface area is 114 Å². The predicted octanol–water partition coefficient (Wildman–Crippen LogP) is 1.23. The number of carbonyl (C=O) groups excluding carboxylic acids is 1. The van der Waals surface area contributed by atoms with Crippen LogP contribution in [-0.4, -0.2) is 46.6 Å². The highest BCUT2D eigenvalue weighted by Crippen LogP contribution is 2.28. The number of piperidine rings is 2. The van der Waals surface area contributed by atoms with Crippen LogP contribution in [0.15, 0.2) is 0 Å². The molecule has 2 aliphatic rings. The van der Waals surface area contributed by atoms with Crippen molar-refractivity contribution in [2.45, 2.75) is 57.5 Å². The van der Waals surface area contributed by atoms with Gasteiger partial charge in [-0.05, 0) is 51.5 Å². The maximum atomic E-state index is 12.7. The molecule has 0 spiro atoms. The number of hydrogen-bond donors (Lipinski definition) is 2. The van der Waals surface area contributed by atoms with Gasteiger partial charge in [0.05, 0.1) is 5.54 Å². The molecule has 2 N–H and O–H groups in total. The number of amides is 1. The Balaban J connectivity index is 2.14. The van der Waals surface area contributed by atoms with E-state index in [-0.39, 0.29) is 5.91 Å². The number of rotatable bonds is 2. The molecule has 2 fully saturated rings. The standard InChI is InChI=1S/C14H24N2O3/c1-10-5-8-16(11(9-10)12(17)18)13(19)14(2)6-3-4-7-15-14/h10-11,15H,3-9H2,1-2H3,(H,17,18). The van der Waals surface area contributed by atoms with E-state index in [1.54, 1.807) is 4.90 Å². The lowest BCUT2D eigenvalue weighted by atomic mass is 9.86. The second-order valence-electron chi connectivity index (χ2n) is 6.20. The lowest BCUT2D eigenvalue weighted by Gasteiger charge is -2.43. The van der Waals surface area contributed by atoms with E-state index in [1.165, 1.54) is 0 Å². The number of nitrogens with zero attached hydrogens (tertiary/aromatic N) is 1. The summed E-state index contributed by atoms with van der Waals surface area (Å²) in [5.74, 6) is -0.539. The highest BCUT2D eigenvalue weighted by Gasteiger charge is 2.43. The number of aliphatic carboxylic acids is 1. The molecule has 0 aromatic rings. The first kappa shape index (κ1) is 14.3. The third kappa shape index (κ3) is 2.91. The van der Waals surface area contributed by atoms with E-state index in [1.807, 2.05) is 6.92 Å². The van der Waals surface area contributed by atoms with Gasteiger partial charge in [0, 0.05) is 6.54 Å². The summed E-state index contributed by atoms with van der Waals surface area (Å²) in [6, 6.07) is -0.656. The minimum atomic E-state index is -0.876. The highest BCUT2D eigenvalue weighted by molar-refractivity contribution is 5.90. The van der Waals surface area contributed by atoms with Crippen molar-refractivity contribution in [2.75, 3.05) is 13.1 Å². The number of nitrogens with one attached hydrogen (secondary N) is 1. The molecule has 2 aliphatic heterocycles. The van der Waals surface area contributed by atoms with Gasteiger partial charge in [-0.25, -0.2) is 4.79 Å². The first-order valence-electron chi connectivity index (χ1n) is 7.23. The van der Waals surface area contributed by atoms with Crippen molar-refractivity contribution in [3.63, 3.8) is 0 Å². The SMILES string of the molecule is CC1CCN(C(=O)C2(C)CCCCN2)C(C(=O)O)C1. The Morgan fingerprint density at radius 2 is 2.11 bits per heavy atom. The molecule has 0 aromatic heterocycles. The fourth-order valence-corrected chi connectivity index (χ4v) is 3.17. The third-order valence-electron chi connectivity index (χ3n) is 4.50. The van der Waals surface area contributed by atoms with Gasteiger partial charge in [-0.2, -0.15) is 0 Å². The summed E-state index contributed by atoms with van der Waals surface area (Å²) < 4.78 is 0. The average molecular weight is 268 g/mol. The largest absolute Gasteiger partial charge is 0.480 e. The van der Waals surface area contributed by atoms with Crippen molar-refractivity contribution in [3.05, 3.63) is 0 Å². The summed E-state index contributed by atoms with van der Waals surface area (Å²) in [5, 5.41) is 12.6. The minimum Gasteiger partial charge on any atom is -0.480 e. The van der Waals surface area contributed by atoms with Gasteiger partial charge in [-0.1, -0.05) is 6.92 Å².